The highest BCUT2D eigenvalue weighted by molar-refractivity contribution is 6.10. The Morgan fingerprint density at radius 2 is 1.53 bits per heavy atom. The van der Waals surface area contributed by atoms with Gasteiger partial charge in [0.2, 0.25) is 0 Å². The second-order valence-corrected chi connectivity index (χ2v) is 10.1. The molecule has 38 heavy (non-hydrogen) atoms. The van der Waals surface area contributed by atoms with Crippen LogP contribution in [0.5, 0.6) is 5.75 Å². The van der Waals surface area contributed by atoms with E-state index in [0.717, 1.165) is 25.0 Å². The standard InChI is InChI=1S/C32H41NO5/c1-4-6-8-9-10-11-12-24-14-17-27(18-15-24)38-22-26(35)21-33-29-19-16-25(32(36)37)20-28(29)31(23(3)34)30(33)13-7-5-2/h14-20H,4-13,21-22H2,1-3H3,(H,36,37). The Labute approximate surface area is 226 Å². The van der Waals surface area contributed by atoms with Gasteiger partial charge in [-0.15, -0.1) is 0 Å². The van der Waals surface area contributed by atoms with E-state index in [1.54, 1.807) is 6.07 Å². The van der Waals surface area contributed by atoms with Crippen molar-refractivity contribution in [2.24, 2.45) is 0 Å². The molecule has 6 heteroatoms. The number of hydrogen-bond donors (Lipinski definition) is 1. The second-order valence-electron chi connectivity index (χ2n) is 10.1. The molecule has 204 valence electrons. The zero-order chi connectivity index (χ0) is 27.5. The molecule has 0 unspecified atom stereocenters. The molecule has 0 fully saturated rings. The van der Waals surface area contributed by atoms with Crippen LogP contribution in [-0.4, -0.2) is 33.8 Å². The number of carboxylic acid groups (broad SMARTS) is 1. The number of Topliss-reactive ketones (excluding diaryl/α,β-unsaturated/α-hetero) is 2. The smallest absolute Gasteiger partial charge is 0.335 e. The van der Waals surface area contributed by atoms with E-state index < -0.39 is 5.97 Å². The molecule has 3 rings (SSSR count). The molecule has 1 aromatic heterocycles. The molecule has 0 atom stereocenters. The predicted molar refractivity (Wildman–Crippen MR) is 152 cm³/mol. The molecule has 1 heterocycles. The van der Waals surface area contributed by atoms with Crippen LogP contribution in [0.25, 0.3) is 10.9 Å². The van der Waals surface area contributed by atoms with Crippen molar-refractivity contribution >= 4 is 28.4 Å². The maximum Gasteiger partial charge on any atom is 0.335 e. The van der Waals surface area contributed by atoms with Gasteiger partial charge >= 0.3 is 5.97 Å². The molecule has 0 saturated carbocycles. The van der Waals surface area contributed by atoms with Crippen LogP contribution >= 0.6 is 0 Å². The fraction of sp³-hybridized carbons (Fsp3) is 0.469. The molecule has 0 spiro atoms. The zero-order valence-corrected chi connectivity index (χ0v) is 23.1. The number of ether oxygens (including phenoxy) is 1. The van der Waals surface area contributed by atoms with E-state index in [4.69, 9.17) is 4.74 Å². The van der Waals surface area contributed by atoms with Gasteiger partial charge in [0.25, 0.3) is 0 Å². The molecule has 1 N–H and O–H groups in total. The van der Waals surface area contributed by atoms with Crippen LogP contribution in [0.1, 0.15) is 104 Å². The van der Waals surface area contributed by atoms with Gasteiger partial charge in [-0.1, -0.05) is 64.5 Å². The first-order valence-corrected chi connectivity index (χ1v) is 14.0. The number of rotatable bonds is 17. The monoisotopic (exact) mass is 519 g/mol. The lowest BCUT2D eigenvalue weighted by molar-refractivity contribution is -0.121. The molecule has 0 saturated heterocycles. The van der Waals surface area contributed by atoms with Gasteiger partial charge in [-0.05, 0) is 68.5 Å². The number of nitrogens with zero attached hydrogens (tertiary/aromatic N) is 1. The van der Waals surface area contributed by atoms with Crippen LogP contribution in [0.2, 0.25) is 0 Å². The first kappa shape index (κ1) is 29.2. The van der Waals surface area contributed by atoms with E-state index in [0.29, 0.717) is 28.6 Å². The Kier molecular flexibility index (Phi) is 11.1. The van der Waals surface area contributed by atoms with Crippen molar-refractivity contribution in [2.45, 2.75) is 91.5 Å². The van der Waals surface area contributed by atoms with Gasteiger partial charge in [0, 0.05) is 22.2 Å². The van der Waals surface area contributed by atoms with E-state index in [9.17, 15) is 19.5 Å². The summed E-state index contributed by atoms with van der Waals surface area (Å²) in [4.78, 5) is 37.2. The minimum Gasteiger partial charge on any atom is -0.486 e. The number of unbranched alkanes of at least 4 members (excludes halogenated alkanes) is 6. The molecule has 6 nitrogen and oxygen atoms in total. The van der Waals surface area contributed by atoms with Crippen molar-refractivity contribution in [3.8, 4) is 5.75 Å². The summed E-state index contributed by atoms with van der Waals surface area (Å²) in [5.74, 6) is -0.642. The number of hydrogen-bond acceptors (Lipinski definition) is 4. The largest absolute Gasteiger partial charge is 0.486 e. The summed E-state index contributed by atoms with van der Waals surface area (Å²) in [6, 6.07) is 12.7. The van der Waals surface area contributed by atoms with E-state index in [1.807, 2.05) is 16.7 Å². The fourth-order valence-electron chi connectivity index (χ4n) is 4.97. The number of aromatic carboxylic acids is 1. The van der Waals surface area contributed by atoms with Gasteiger partial charge in [-0.25, -0.2) is 4.79 Å². The van der Waals surface area contributed by atoms with Gasteiger partial charge in [0.05, 0.1) is 12.1 Å². The molecule has 0 aliphatic heterocycles. The van der Waals surface area contributed by atoms with Crippen molar-refractivity contribution in [3.63, 3.8) is 0 Å². The lowest BCUT2D eigenvalue weighted by atomic mass is 10.0. The molecule has 3 aromatic rings. The van der Waals surface area contributed by atoms with Gasteiger partial charge in [0.15, 0.2) is 11.6 Å². The highest BCUT2D eigenvalue weighted by atomic mass is 16.5. The van der Waals surface area contributed by atoms with E-state index >= 15 is 0 Å². The van der Waals surface area contributed by atoms with Crippen LogP contribution in [0.15, 0.2) is 42.5 Å². The summed E-state index contributed by atoms with van der Waals surface area (Å²) in [6.45, 7) is 5.77. The Bertz CT molecular complexity index is 1240. The maximum absolute atomic E-state index is 13.0. The number of ketones is 2. The molecule has 0 amide bonds. The van der Waals surface area contributed by atoms with Gasteiger partial charge in [-0.2, -0.15) is 0 Å². The Morgan fingerprint density at radius 1 is 0.842 bits per heavy atom. The van der Waals surface area contributed by atoms with Gasteiger partial charge < -0.3 is 14.4 Å². The summed E-state index contributed by atoms with van der Waals surface area (Å²) < 4.78 is 7.66. The average Bonchev–Trinajstić information content (AvgIpc) is 3.21. The maximum atomic E-state index is 13.0. The zero-order valence-electron chi connectivity index (χ0n) is 23.1. The van der Waals surface area contributed by atoms with E-state index in [2.05, 4.69) is 26.0 Å². The van der Waals surface area contributed by atoms with Gasteiger partial charge in [0.1, 0.15) is 12.4 Å². The summed E-state index contributed by atoms with van der Waals surface area (Å²) in [5.41, 5.74) is 3.37. The molecular weight excluding hydrogens is 478 g/mol. The van der Waals surface area contributed by atoms with E-state index in [-0.39, 0.29) is 30.3 Å². The van der Waals surface area contributed by atoms with Crippen molar-refractivity contribution < 1.29 is 24.2 Å². The first-order chi connectivity index (χ1) is 18.3. The molecule has 0 radical (unpaired) electrons. The Hall–Kier alpha value is -3.41. The number of carbonyl (C=O) groups excluding carboxylic acids is 2. The number of aryl methyl sites for hydroxylation is 1. The Morgan fingerprint density at radius 3 is 2.18 bits per heavy atom. The van der Waals surface area contributed by atoms with Gasteiger partial charge in [-0.3, -0.25) is 9.59 Å². The molecule has 0 aliphatic rings. The summed E-state index contributed by atoms with van der Waals surface area (Å²) >= 11 is 0. The normalized spacial score (nSPS) is 11.1. The first-order valence-electron chi connectivity index (χ1n) is 14.0. The highest BCUT2D eigenvalue weighted by Gasteiger charge is 2.22. The van der Waals surface area contributed by atoms with Crippen LogP contribution in [0.4, 0.5) is 0 Å². The molecule has 0 bridgehead atoms. The second kappa shape index (κ2) is 14.5. The average molecular weight is 520 g/mol. The third kappa shape index (κ3) is 7.80. The van der Waals surface area contributed by atoms with Crippen LogP contribution in [0.3, 0.4) is 0 Å². The third-order valence-corrected chi connectivity index (χ3v) is 7.01. The van der Waals surface area contributed by atoms with Crippen molar-refractivity contribution in [3.05, 3.63) is 64.8 Å². The van der Waals surface area contributed by atoms with Crippen LogP contribution < -0.4 is 4.74 Å². The topological polar surface area (TPSA) is 85.6 Å². The van der Waals surface area contributed by atoms with Crippen LogP contribution in [-0.2, 0) is 24.2 Å². The molecule has 0 aliphatic carbocycles. The Balaban J connectivity index is 1.68. The van der Waals surface area contributed by atoms with Crippen LogP contribution in [0, 0.1) is 0 Å². The quantitative estimate of drug-likeness (QED) is 0.148. The molecular formula is C32H41NO5. The van der Waals surface area contributed by atoms with Crippen molar-refractivity contribution in [1.82, 2.24) is 4.57 Å². The number of benzene rings is 2. The lowest BCUT2D eigenvalue weighted by Crippen LogP contribution is -2.19. The fourth-order valence-corrected chi connectivity index (χ4v) is 4.97. The van der Waals surface area contributed by atoms with Crippen molar-refractivity contribution in [2.75, 3.05) is 6.61 Å². The van der Waals surface area contributed by atoms with E-state index in [1.165, 1.54) is 63.1 Å². The number of fused-ring (bicyclic) bond motifs is 1. The SMILES string of the molecule is CCCCCCCCc1ccc(OCC(=O)Cn2c(CCCC)c(C(C)=O)c3cc(C(=O)O)ccc32)cc1. The third-order valence-electron chi connectivity index (χ3n) is 7.01. The number of aromatic nitrogens is 1. The highest BCUT2D eigenvalue weighted by Crippen LogP contribution is 2.29. The minimum atomic E-state index is -1.05. The number of carboxylic acids is 1. The lowest BCUT2D eigenvalue weighted by Gasteiger charge is -2.12. The van der Waals surface area contributed by atoms with Crippen molar-refractivity contribution in [1.29, 1.82) is 0 Å². The molecule has 2 aromatic carbocycles. The minimum absolute atomic E-state index is 0.0609. The summed E-state index contributed by atoms with van der Waals surface area (Å²) in [7, 11) is 0. The summed E-state index contributed by atoms with van der Waals surface area (Å²) in [6.07, 6.45) is 11.1. The number of carbonyl (C=O) groups is 3. The predicted octanol–water partition coefficient (Wildman–Crippen LogP) is 7.44. The summed E-state index contributed by atoms with van der Waals surface area (Å²) in [5, 5.41) is 10.0.